The Morgan fingerprint density at radius 3 is 2.29 bits per heavy atom. The average Bonchev–Trinajstić information content (AvgIpc) is 2.53. The molecule has 1 rings (SSSR count). The largest absolute Gasteiger partial charge is 0.396 e. The zero-order valence-electron chi connectivity index (χ0n) is 9.45. The van der Waals surface area contributed by atoms with Gasteiger partial charge in [-0.1, -0.05) is 13.8 Å². The van der Waals surface area contributed by atoms with Crippen LogP contribution in [0.25, 0.3) is 0 Å². The van der Waals surface area contributed by atoms with E-state index in [-0.39, 0.29) is 6.61 Å². The quantitative estimate of drug-likeness (QED) is 0.738. The van der Waals surface area contributed by atoms with Gasteiger partial charge in [0.25, 0.3) is 0 Å². The van der Waals surface area contributed by atoms with Gasteiger partial charge in [-0.3, -0.25) is 0 Å². The van der Waals surface area contributed by atoms with E-state index in [1.165, 1.54) is 0 Å². The van der Waals surface area contributed by atoms with Crippen molar-refractivity contribution in [3.63, 3.8) is 0 Å². The van der Waals surface area contributed by atoms with Crippen molar-refractivity contribution in [3.8, 4) is 0 Å². The summed E-state index contributed by atoms with van der Waals surface area (Å²) in [5.74, 6) is 0.479. The lowest BCUT2D eigenvalue weighted by atomic mass is 9.90. The van der Waals surface area contributed by atoms with Crippen molar-refractivity contribution in [1.29, 1.82) is 0 Å². The molecule has 14 heavy (non-hydrogen) atoms. The second-order valence-corrected chi connectivity index (χ2v) is 4.56. The monoisotopic (exact) mass is 202 g/mol. The minimum atomic E-state index is -0.400. The number of aliphatic hydroxyl groups excluding tert-OH is 1. The van der Waals surface area contributed by atoms with Crippen LogP contribution in [0.1, 0.15) is 33.6 Å². The van der Waals surface area contributed by atoms with Crippen molar-refractivity contribution in [1.82, 2.24) is 0 Å². The smallest absolute Gasteiger partial charge is 0.165 e. The Hall–Kier alpha value is -0.120. The van der Waals surface area contributed by atoms with Crippen LogP contribution in [0.5, 0.6) is 0 Å². The van der Waals surface area contributed by atoms with Gasteiger partial charge < -0.3 is 14.6 Å². The molecule has 1 heterocycles. The van der Waals surface area contributed by atoms with Crippen molar-refractivity contribution >= 4 is 0 Å². The SMILES string of the molecule is CC(C)C(CO)CCC1(C)OCCO1. The molecule has 0 aromatic carbocycles. The van der Waals surface area contributed by atoms with Crippen molar-refractivity contribution in [2.75, 3.05) is 19.8 Å². The summed E-state index contributed by atoms with van der Waals surface area (Å²) in [6, 6.07) is 0. The highest BCUT2D eigenvalue weighted by atomic mass is 16.7. The second kappa shape index (κ2) is 5.10. The summed E-state index contributed by atoms with van der Waals surface area (Å²) in [7, 11) is 0. The van der Waals surface area contributed by atoms with Gasteiger partial charge >= 0.3 is 0 Å². The summed E-state index contributed by atoms with van der Waals surface area (Å²) in [5, 5.41) is 9.17. The van der Waals surface area contributed by atoms with E-state index in [1.807, 2.05) is 6.92 Å². The highest BCUT2D eigenvalue weighted by molar-refractivity contribution is 4.72. The maximum atomic E-state index is 9.17. The zero-order chi connectivity index (χ0) is 10.6. The fourth-order valence-corrected chi connectivity index (χ4v) is 1.78. The van der Waals surface area contributed by atoms with E-state index in [4.69, 9.17) is 9.47 Å². The van der Waals surface area contributed by atoms with E-state index in [2.05, 4.69) is 13.8 Å². The molecule has 1 fully saturated rings. The van der Waals surface area contributed by atoms with E-state index in [0.29, 0.717) is 25.0 Å². The normalized spacial score (nSPS) is 22.9. The van der Waals surface area contributed by atoms with E-state index < -0.39 is 5.79 Å². The minimum Gasteiger partial charge on any atom is -0.396 e. The molecular formula is C11H22O3. The Morgan fingerprint density at radius 2 is 1.86 bits per heavy atom. The number of ether oxygens (including phenoxy) is 2. The Morgan fingerprint density at radius 1 is 1.29 bits per heavy atom. The zero-order valence-corrected chi connectivity index (χ0v) is 9.45. The number of aliphatic hydroxyl groups is 1. The van der Waals surface area contributed by atoms with Crippen LogP contribution in [-0.2, 0) is 9.47 Å². The molecule has 3 heteroatoms. The Bertz CT molecular complexity index is 162. The van der Waals surface area contributed by atoms with Crippen LogP contribution in [-0.4, -0.2) is 30.7 Å². The van der Waals surface area contributed by atoms with Gasteiger partial charge in [0.2, 0.25) is 0 Å². The number of rotatable bonds is 5. The number of hydrogen-bond acceptors (Lipinski definition) is 3. The Kier molecular flexibility index (Phi) is 4.35. The van der Waals surface area contributed by atoms with Crippen LogP contribution in [0, 0.1) is 11.8 Å². The molecule has 1 atom stereocenters. The number of hydrogen-bond donors (Lipinski definition) is 1. The highest BCUT2D eigenvalue weighted by Gasteiger charge is 2.31. The van der Waals surface area contributed by atoms with Gasteiger partial charge in [0.15, 0.2) is 5.79 Å². The molecular weight excluding hydrogens is 180 g/mol. The van der Waals surface area contributed by atoms with E-state index in [0.717, 1.165) is 12.8 Å². The van der Waals surface area contributed by atoms with E-state index in [1.54, 1.807) is 0 Å². The van der Waals surface area contributed by atoms with Gasteiger partial charge in [-0.15, -0.1) is 0 Å². The molecule has 1 saturated heterocycles. The van der Waals surface area contributed by atoms with Crippen LogP contribution in [0.3, 0.4) is 0 Å². The molecule has 1 N–H and O–H groups in total. The summed E-state index contributed by atoms with van der Waals surface area (Å²) in [5.41, 5.74) is 0. The van der Waals surface area contributed by atoms with Crippen molar-refractivity contribution in [2.45, 2.75) is 39.4 Å². The molecule has 0 bridgehead atoms. The molecule has 0 aromatic rings. The summed E-state index contributed by atoms with van der Waals surface area (Å²) in [6.45, 7) is 7.91. The third-order valence-corrected chi connectivity index (χ3v) is 3.04. The summed E-state index contributed by atoms with van der Waals surface area (Å²) in [4.78, 5) is 0. The summed E-state index contributed by atoms with van der Waals surface area (Å²) in [6.07, 6.45) is 1.83. The van der Waals surface area contributed by atoms with Crippen LogP contribution in [0.4, 0.5) is 0 Å². The molecule has 1 unspecified atom stereocenters. The lowest BCUT2D eigenvalue weighted by Gasteiger charge is -2.26. The summed E-state index contributed by atoms with van der Waals surface area (Å²) >= 11 is 0. The van der Waals surface area contributed by atoms with Crippen LogP contribution >= 0.6 is 0 Å². The van der Waals surface area contributed by atoms with Crippen LogP contribution in [0.2, 0.25) is 0 Å². The first kappa shape index (κ1) is 12.0. The van der Waals surface area contributed by atoms with Crippen molar-refractivity contribution in [3.05, 3.63) is 0 Å². The molecule has 0 radical (unpaired) electrons. The first-order valence-corrected chi connectivity index (χ1v) is 5.46. The van der Waals surface area contributed by atoms with Crippen LogP contribution < -0.4 is 0 Å². The van der Waals surface area contributed by atoms with Crippen molar-refractivity contribution in [2.24, 2.45) is 11.8 Å². The van der Waals surface area contributed by atoms with Gasteiger partial charge in [-0.25, -0.2) is 0 Å². The van der Waals surface area contributed by atoms with Crippen LogP contribution in [0.15, 0.2) is 0 Å². The standard InChI is InChI=1S/C11H22O3/c1-9(2)10(8-12)4-5-11(3)13-6-7-14-11/h9-10,12H,4-8H2,1-3H3. The molecule has 0 aromatic heterocycles. The average molecular weight is 202 g/mol. The molecule has 0 aliphatic carbocycles. The molecule has 1 aliphatic heterocycles. The summed E-state index contributed by atoms with van der Waals surface area (Å²) < 4.78 is 11.0. The van der Waals surface area contributed by atoms with Gasteiger partial charge in [-0.2, -0.15) is 0 Å². The first-order chi connectivity index (χ1) is 6.57. The second-order valence-electron chi connectivity index (χ2n) is 4.56. The van der Waals surface area contributed by atoms with Gasteiger partial charge in [0.1, 0.15) is 0 Å². The molecule has 84 valence electrons. The molecule has 0 amide bonds. The molecule has 1 aliphatic rings. The lowest BCUT2D eigenvalue weighted by molar-refractivity contribution is -0.150. The predicted octanol–water partition coefficient (Wildman–Crippen LogP) is 1.79. The van der Waals surface area contributed by atoms with Gasteiger partial charge in [0.05, 0.1) is 13.2 Å². The van der Waals surface area contributed by atoms with Crippen molar-refractivity contribution < 1.29 is 14.6 Å². The maximum Gasteiger partial charge on any atom is 0.165 e. The van der Waals surface area contributed by atoms with Gasteiger partial charge in [-0.05, 0) is 25.2 Å². The lowest BCUT2D eigenvalue weighted by Crippen LogP contribution is -2.27. The Labute approximate surface area is 86.4 Å². The minimum absolute atomic E-state index is 0.258. The van der Waals surface area contributed by atoms with Gasteiger partial charge in [0, 0.05) is 13.0 Å². The molecule has 3 nitrogen and oxygen atoms in total. The third kappa shape index (κ3) is 3.23. The van der Waals surface area contributed by atoms with E-state index >= 15 is 0 Å². The van der Waals surface area contributed by atoms with E-state index in [9.17, 15) is 5.11 Å². The molecule has 0 spiro atoms. The first-order valence-electron chi connectivity index (χ1n) is 5.46. The fraction of sp³-hybridized carbons (Fsp3) is 1.00. The third-order valence-electron chi connectivity index (χ3n) is 3.04. The highest BCUT2D eigenvalue weighted by Crippen LogP contribution is 2.28. The molecule has 0 saturated carbocycles. The maximum absolute atomic E-state index is 9.17. The predicted molar refractivity (Wildman–Crippen MR) is 55.0 cm³/mol. The fourth-order valence-electron chi connectivity index (χ4n) is 1.78. The topological polar surface area (TPSA) is 38.7 Å². The Balaban J connectivity index is 2.30.